The number of urea groups is 1. The molecular weight excluding hydrogens is 388 g/mol. The standard InChI is InChI=1S/C21H32N4O3S/c26-21(22-17-10-14-24(15-11-17)19-8-9-19)23-18-6-5-7-20(16-18)29(27,28)25-12-3-1-2-4-13-25/h5-7,16-17,19H,1-4,8-15H2,(H2,22,23,26). The average molecular weight is 421 g/mol. The molecule has 1 aromatic rings. The zero-order chi connectivity index (χ0) is 20.3. The maximum Gasteiger partial charge on any atom is 0.319 e. The van der Waals surface area contributed by atoms with Gasteiger partial charge in [-0.15, -0.1) is 0 Å². The van der Waals surface area contributed by atoms with Crippen LogP contribution in [0.4, 0.5) is 10.5 Å². The fraction of sp³-hybridized carbons (Fsp3) is 0.667. The first-order valence-electron chi connectivity index (χ1n) is 10.9. The number of carbonyl (C=O) groups excluding carboxylic acids is 1. The number of carbonyl (C=O) groups is 1. The number of benzene rings is 1. The molecule has 8 heteroatoms. The lowest BCUT2D eigenvalue weighted by molar-refractivity contribution is 0.189. The van der Waals surface area contributed by atoms with Crippen LogP contribution in [0.25, 0.3) is 0 Å². The Morgan fingerprint density at radius 1 is 0.931 bits per heavy atom. The van der Waals surface area contributed by atoms with Crippen LogP contribution in [0, 0.1) is 0 Å². The number of likely N-dealkylation sites (tertiary alicyclic amines) is 1. The molecule has 0 unspecified atom stereocenters. The summed E-state index contributed by atoms with van der Waals surface area (Å²) in [6.45, 7) is 3.22. The Morgan fingerprint density at radius 2 is 1.62 bits per heavy atom. The molecule has 1 saturated carbocycles. The van der Waals surface area contributed by atoms with E-state index >= 15 is 0 Å². The van der Waals surface area contributed by atoms with Crippen LogP contribution in [0.5, 0.6) is 0 Å². The van der Waals surface area contributed by atoms with Gasteiger partial charge in [-0.2, -0.15) is 4.31 Å². The Bertz CT molecular complexity index is 809. The molecule has 3 aliphatic rings. The van der Waals surface area contributed by atoms with Gasteiger partial charge in [0.05, 0.1) is 4.90 Å². The number of sulfonamides is 1. The summed E-state index contributed by atoms with van der Waals surface area (Å²) in [4.78, 5) is 15.2. The topological polar surface area (TPSA) is 81.8 Å². The molecule has 4 rings (SSSR count). The number of piperidine rings is 1. The summed E-state index contributed by atoms with van der Waals surface area (Å²) in [5.41, 5.74) is 0.508. The van der Waals surface area contributed by atoms with E-state index in [4.69, 9.17) is 0 Å². The van der Waals surface area contributed by atoms with Gasteiger partial charge in [-0.25, -0.2) is 13.2 Å². The molecule has 0 radical (unpaired) electrons. The highest BCUT2D eigenvalue weighted by atomic mass is 32.2. The van der Waals surface area contributed by atoms with Crippen LogP contribution in [0.2, 0.25) is 0 Å². The average Bonchev–Trinajstić information content (AvgIpc) is 3.56. The van der Waals surface area contributed by atoms with E-state index in [9.17, 15) is 13.2 Å². The molecule has 3 fully saturated rings. The second kappa shape index (κ2) is 9.02. The summed E-state index contributed by atoms with van der Waals surface area (Å²) in [5, 5.41) is 5.86. The molecule has 29 heavy (non-hydrogen) atoms. The third-order valence-electron chi connectivity index (χ3n) is 6.22. The maximum absolute atomic E-state index is 13.0. The minimum atomic E-state index is -3.52. The molecule has 2 heterocycles. The first-order valence-corrected chi connectivity index (χ1v) is 12.4. The van der Waals surface area contributed by atoms with Gasteiger partial charge in [0.15, 0.2) is 0 Å². The number of hydrogen-bond donors (Lipinski definition) is 2. The van der Waals surface area contributed by atoms with Gasteiger partial charge in [0.2, 0.25) is 10.0 Å². The van der Waals surface area contributed by atoms with E-state index in [0.717, 1.165) is 57.7 Å². The Balaban J connectivity index is 1.34. The van der Waals surface area contributed by atoms with Crippen molar-refractivity contribution in [2.24, 2.45) is 0 Å². The quantitative estimate of drug-likeness (QED) is 0.767. The van der Waals surface area contributed by atoms with Gasteiger partial charge in [0, 0.05) is 44.0 Å². The summed E-state index contributed by atoms with van der Waals surface area (Å²) in [6.07, 6.45) is 8.52. The third kappa shape index (κ3) is 5.29. The third-order valence-corrected chi connectivity index (χ3v) is 8.12. The Kier molecular flexibility index (Phi) is 6.41. The van der Waals surface area contributed by atoms with Gasteiger partial charge in [0.1, 0.15) is 0 Å². The molecule has 7 nitrogen and oxygen atoms in total. The predicted molar refractivity (Wildman–Crippen MR) is 113 cm³/mol. The number of amides is 2. The van der Waals surface area contributed by atoms with Crippen molar-refractivity contribution in [2.45, 2.75) is 68.3 Å². The van der Waals surface area contributed by atoms with Crippen LogP contribution in [-0.4, -0.2) is 61.9 Å². The fourth-order valence-corrected chi connectivity index (χ4v) is 5.93. The van der Waals surface area contributed by atoms with E-state index in [1.54, 1.807) is 28.6 Å². The molecule has 0 bridgehead atoms. The SMILES string of the molecule is O=C(Nc1cccc(S(=O)(=O)N2CCCCCC2)c1)NC1CCN(C2CC2)CC1. The highest BCUT2D eigenvalue weighted by Gasteiger charge is 2.32. The number of hydrogen-bond acceptors (Lipinski definition) is 4. The zero-order valence-corrected chi connectivity index (χ0v) is 17.8. The van der Waals surface area contributed by atoms with Gasteiger partial charge < -0.3 is 15.5 Å². The summed E-state index contributed by atoms with van der Waals surface area (Å²) in [5.74, 6) is 0. The first kappa shape index (κ1) is 20.6. The van der Waals surface area contributed by atoms with E-state index in [2.05, 4.69) is 15.5 Å². The predicted octanol–water partition coefficient (Wildman–Crippen LogP) is 3.00. The lowest BCUT2D eigenvalue weighted by Gasteiger charge is -2.32. The van der Waals surface area contributed by atoms with Crippen LogP contribution in [0.3, 0.4) is 0 Å². The van der Waals surface area contributed by atoms with Gasteiger partial charge in [-0.05, 0) is 56.7 Å². The lowest BCUT2D eigenvalue weighted by atomic mass is 10.1. The molecule has 2 amide bonds. The number of anilines is 1. The minimum absolute atomic E-state index is 0.175. The molecule has 0 atom stereocenters. The van der Waals surface area contributed by atoms with Crippen molar-refractivity contribution in [3.05, 3.63) is 24.3 Å². The van der Waals surface area contributed by atoms with E-state index in [-0.39, 0.29) is 17.0 Å². The van der Waals surface area contributed by atoms with Crippen molar-refractivity contribution in [1.29, 1.82) is 0 Å². The van der Waals surface area contributed by atoms with Crippen LogP contribution in [0.15, 0.2) is 29.2 Å². The number of rotatable bonds is 5. The van der Waals surface area contributed by atoms with Crippen molar-refractivity contribution >= 4 is 21.7 Å². The van der Waals surface area contributed by atoms with Gasteiger partial charge in [-0.3, -0.25) is 0 Å². The van der Waals surface area contributed by atoms with Gasteiger partial charge in [0.25, 0.3) is 0 Å². The Hall–Kier alpha value is -1.64. The van der Waals surface area contributed by atoms with Crippen LogP contribution in [0.1, 0.15) is 51.4 Å². The van der Waals surface area contributed by atoms with E-state index in [0.29, 0.717) is 18.8 Å². The lowest BCUT2D eigenvalue weighted by Crippen LogP contribution is -2.46. The van der Waals surface area contributed by atoms with Crippen molar-refractivity contribution in [3.8, 4) is 0 Å². The van der Waals surface area contributed by atoms with E-state index < -0.39 is 10.0 Å². The van der Waals surface area contributed by atoms with Crippen LogP contribution in [-0.2, 0) is 10.0 Å². The zero-order valence-electron chi connectivity index (χ0n) is 17.0. The van der Waals surface area contributed by atoms with Crippen molar-refractivity contribution < 1.29 is 13.2 Å². The second-order valence-electron chi connectivity index (χ2n) is 8.49. The molecule has 1 aromatic carbocycles. The molecule has 2 saturated heterocycles. The van der Waals surface area contributed by atoms with Crippen molar-refractivity contribution in [1.82, 2.24) is 14.5 Å². The second-order valence-corrected chi connectivity index (χ2v) is 10.4. The molecule has 2 aliphatic heterocycles. The monoisotopic (exact) mass is 420 g/mol. The van der Waals surface area contributed by atoms with Crippen LogP contribution >= 0.6 is 0 Å². The number of nitrogens with zero attached hydrogens (tertiary/aromatic N) is 2. The van der Waals surface area contributed by atoms with Crippen LogP contribution < -0.4 is 10.6 Å². The fourth-order valence-electron chi connectivity index (χ4n) is 4.37. The Labute approximate surface area is 173 Å². The van der Waals surface area contributed by atoms with Gasteiger partial charge in [-0.1, -0.05) is 18.9 Å². The summed E-state index contributed by atoms with van der Waals surface area (Å²) >= 11 is 0. The normalized spacial score (nSPS) is 22.8. The molecule has 1 aliphatic carbocycles. The minimum Gasteiger partial charge on any atom is -0.335 e. The molecule has 0 spiro atoms. The summed E-state index contributed by atoms with van der Waals surface area (Å²) in [6, 6.07) is 7.28. The van der Waals surface area contributed by atoms with E-state index in [1.165, 1.54) is 12.8 Å². The van der Waals surface area contributed by atoms with Crippen molar-refractivity contribution in [2.75, 3.05) is 31.5 Å². The van der Waals surface area contributed by atoms with E-state index in [1.807, 2.05) is 0 Å². The van der Waals surface area contributed by atoms with Crippen molar-refractivity contribution in [3.63, 3.8) is 0 Å². The van der Waals surface area contributed by atoms with Gasteiger partial charge >= 0.3 is 6.03 Å². The molecule has 2 N–H and O–H groups in total. The summed E-state index contributed by atoms with van der Waals surface area (Å²) < 4.78 is 27.5. The summed E-state index contributed by atoms with van der Waals surface area (Å²) in [7, 11) is -3.52. The molecule has 160 valence electrons. The highest BCUT2D eigenvalue weighted by Crippen LogP contribution is 2.29. The maximum atomic E-state index is 13.0. The first-order chi connectivity index (χ1) is 14.0. The molecular formula is C21H32N4O3S. The number of nitrogens with one attached hydrogen (secondary N) is 2. The smallest absolute Gasteiger partial charge is 0.319 e. The largest absolute Gasteiger partial charge is 0.335 e. The Morgan fingerprint density at radius 3 is 2.28 bits per heavy atom. The molecule has 0 aromatic heterocycles. The highest BCUT2D eigenvalue weighted by molar-refractivity contribution is 7.89.